The van der Waals surface area contributed by atoms with Crippen LogP contribution < -0.4 is 10.0 Å². The summed E-state index contributed by atoms with van der Waals surface area (Å²) < 4.78 is 73.2. The molecule has 0 radical (unpaired) electrons. The SMILES string of the molecule is O=C(CC(C=S)NS(=O)O)Nc1nc(C2=CC(F)=C(C(F)(F)F)CC2)cs1. The van der Waals surface area contributed by atoms with Crippen molar-refractivity contribution in [3.63, 3.8) is 0 Å². The van der Waals surface area contributed by atoms with Gasteiger partial charge in [-0.1, -0.05) is 12.2 Å². The predicted molar refractivity (Wildman–Crippen MR) is 98.1 cm³/mol. The normalized spacial score (nSPS) is 17.3. The van der Waals surface area contributed by atoms with Gasteiger partial charge in [-0.2, -0.15) is 13.2 Å². The van der Waals surface area contributed by atoms with Crippen molar-refractivity contribution < 1.29 is 31.1 Å². The molecule has 0 saturated carbocycles. The number of allylic oxidation sites excluding steroid dienone is 4. The quantitative estimate of drug-likeness (QED) is 0.341. The lowest BCUT2D eigenvalue weighted by Gasteiger charge is -2.17. The molecule has 2 rings (SSSR count). The van der Waals surface area contributed by atoms with E-state index in [2.05, 4.69) is 27.2 Å². The summed E-state index contributed by atoms with van der Waals surface area (Å²) in [6, 6.07) is -0.814. The van der Waals surface area contributed by atoms with E-state index in [-0.39, 0.29) is 23.7 Å². The summed E-state index contributed by atoms with van der Waals surface area (Å²) in [5.41, 5.74) is -0.631. The molecule has 0 bridgehead atoms. The topological polar surface area (TPSA) is 91.3 Å². The van der Waals surface area contributed by atoms with Crippen LogP contribution in [0.3, 0.4) is 0 Å². The molecule has 1 amide bonds. The number of thiazole rings is 1. The summed E-state index contributed by atoms with van der Waals surface area (Å²) in [6.45, 7) is 0. The van der Waals surface area contributed by atoms with Crippen LogP contribution in [0.1, 0.15) is 25.0 Å². The summed E-state index contributed by atoms with van der Waals surface area (Å²) in [4.78, 5) is 16.0. The number of amides is 1. The Hall–Kier alpha value is -1.54. The average Bonchev–Trinajstić information content (AvgIpc) is 3.00. The lowest BCUT2D eigenvalue weighted by molar-refractivity contribution is -0.116. The fourth-order valence-electron chi connectivity index (χ4n) is 2.27. The molecule has 148 valence electrons. The molecule has 27 heavy (non-hydrogen) atoms. The third-order valence-corrected chi connectivity index (χ3v) is 5.07. The van der Waals surface area contributed by atoms with Gasteiger partial charge >= 0.3 is 6.18 Å². The first-order valence-corrected chi connectivity index (χ1v) is 9.80. The van der Waals surface area contributed by atoms with Crippen LogP contribution in [-0.4, -0.2) is 37.2 Å². The molecular weight excluding hydrogens is 430 g/mol. The largest absolute Gasteiger partial charge is 0.415 e. The first kappa shape index (κ1) is 21.8. The van der Waals surface area contributed by atoms with Gasteiger partial charge < -0.3 is 5.32 Å². The Bertz CT molecular complexity index is 820. The number of hydrogen-bond donors (Lipinski definition) is 3. The lowest BCUT2D eigenvalue weighted by atomic mass is 9.95. The van der Waals surface area contributed by atoms with Crippen LogP contribution in [0.2, 0.25) is 0 Å². The molecule has 13 heteroatoms. The zero-order valence-corrected chi connectivity index (χ0v) is 15.8. The number of aromatic nitrogens is 1. The van der Waals surface area contributed by atoms with Gasteiger partial charge in [-0.05, 0) is 29.9 Å². The van der Waals surface area contributed by atoms with Crippen molar-refractivity contribution in [1.29, 1.82) is 0 Å². The van der Waals surface area contributed by atoms with Crippen LogP contribution in [0.25, 0.3) is 5.57 Å². The fraction of sp³-hybridized carbons (Fsp3) is 0.357. The molecule has 6 nitrogen and oxygen atoms in total. The zero-order chi connectivity index (χ0) is 20.2. The monoisotopic (exact) mass is 443 g/mol. The second kappa shape index (κ2) is 9.10. The van der Waals surface area contributed by atoms with Gasteiger partial charge in [0.2, 0.25) is 17.2 Å². The number of thiocarbonyl (C=S) groups is 1. The molecule has 2 unspecified atom stereocenters. The number of nitrogens with one attached hydrogen (secondary N) is 2. The van der Waals surface area contributed by atoms with Crippen LogP contribution in [0.5, 0.6) is 0 Å². The van der Waals surface area contributed by atoms with E-state index in [1.54, 1.807) is 0 Å². The van der Waals surface area contributed by atoms with E-state index in [0.29, 0.717) is 5.57 Å². The van der Waals surface area contributed by atoms with E-state index < -0.39 is 47.2 Å². The summed E-state index contributed by atoms with van der Waals surface area (Å²) in [5.74, 6) is -1.88. The summed E-state index contributed by atoms with van der Waals surface area (Å²) in [6.07, 6.45) is -4.65. The van der Waals surface area contributed by atoms with Crippen molar-refractivity contribution >= 4 is 56.8 Å². The van der Waals surface area contributed by atoms with Crippen molar-refractivity contribution in [1.82, 2.24) is 9.71 Å². The number of rotatable bonds is 7. The van der Waals surface area contributed by atoms with Crippen molar-refractivity contribution in [3.8, 4) is 0 Å². The van der Waals surface area contributed by atoms with Gasteiger partial charge in [0.05, 0.1) is 17.3 Å². The Morgan fingerprint density at radius 2 is 2.19 bits per heavy atom. The van der Waals surface area contributed by atoms with E-state index in [9.17, 15) is 26.6 Å². The van der Waals surface area contributed by atoms with Gasteiger partial charge in [-0.3, -0.25) is 9.35 Å². The number of alkyl halides is 3. The molecule has 0 spiro atoms. The smallest absolute Gasteiger partial charge is 0.302 e. The molecule has 2 atom stereocenters. The standard InChI is InChI=1S/C14H13F4N3O3S3/c15-10-3-7(1-2-9(10)14(16,17)18)11-6-26-13(19-11)20-12(22)4-8(5-25)21-27(23)24/h3,5-6,8,21H,1-2,4H2,(H,23,24)(H,19,20,22). The molecule has 0 fully saturated rings. The minimum absolute atomic E-state index is 0.0292. The van der Waals surface area contributed by atoms with Gasteiger partial charge in [-0.15, -0.1) is 11.3 Å². The highest BCUT2D eigenvalue weighted by Gasteiger charge is 2.37. The zero-order valence-electron chi connectivity index (χ0n) is 13.4. The molecule has 1 aromatic rings. The summed E-state index contributed by atoms with van der Waals surface area (Å²) in [7, 11) is 0. The lowest BCUT2D eigenvalue weighted by Crippen LogP contribution is -2.34. The van der Waals surface area contributed by atoms with Crippen LogP contribution in [-0.2, 0) is 16.1 Å². The Morgan fingerprint density at radius 3 is 2.74 bits per heavy atom. The molecular formula is C14H13F4N3O3S3. The first-order chi connectivity index (χ1) is 12.6. The van der Waals surface area contributed by atoms with Crippen LogP contribution >= 0.6 is 23.6 Å². The maximum Gasteiger partial charge on any atom is 0.415 e. The number of carbonyl (C=O) groups is 1. The van der Waals surface area contributed by atoms with E-state index in [0.717, 1.165) is 22.8 Å². The Labute approximate surface area is 163 Å². The minimum Gasteiger partial charge on any atom is -0.302 e. The third kappa shape index (κ3) is 6.24. The maximum absolute atomic E-state index is 13.7. The highest BCUT2D eigenvalue weighted by atomic mass is 32.2. The molecule has 1 aliphatic carbocycles. The summed E-state index contributed by atoms with van der Waals surface area (Å²) in [5, 5.41) is 5.23. The van der Waals surface area contributed by atoms with Crippen molar-refractivity contribution in [2.45, 2.75) is 31.5 Å². The Kier molecular flexibility index (Phi) is 7.33. The van der Waals surface area contributed by atoms with Crippen LogP contribution in [0.4, 0.5) is 22.7 Å². The van der Waals surface area contributed by atoms with Crippen LogP contribution in [0.15, 0.2) is 22.9 Å². The second-order valence-corrected chi connectivity index (χ2v) is 7.26. The van der Waals surface area contributed by atoms with E-state index in [1.165, 1.54) is 5.38 Å². The average molecular weight is 443 g/mol. The fourth-order valence-corrected chi connectivity index (χ4v) is 3.68. The molecule has 1 aromatic heterocycles. The maximum atomic E-state index is 13.7. The number of carbonyl (C=O) groups excluding carboxylic acids is 1. The van der Waals surface area contributed by atoms with Gasteiger partial charge in [0.1, 0.15) is 5.83 Å². The van der Waals surface area contributed by atoms with E-state index >= 15 is 0 Å². The Balaban J connectivity index is 2.05. The molecule has 0 aliphatic heterocycles. The highest BCUT2D eigenvalue weighted by molar-refractivity contribution is 7.79. The number of hydrogen-bond acceptors (Lipinski definition) is 5. The van der Waals surface area contributed by atoms with Gasteiger partial charge in [0.25, 0.3) is 0 Å². The second-order valence-electron chi connectivity index (χ2n) is 5.39. The number of halogens is 4. The predicted octanol–water partition coefficient (Wildman–Crippen LogP) is 3.53. The van der Waals surface area contributed by atoms with Crippen molar-refractivity contribution in [3.05, 3.63) is 28.5 Å². The first-order valence-electron chi connectivity index (χ1n) is 7.34. The van der Waals surface area contributed by atoms with E-state index in [4.69, 9.17) is 4.55 Å². The molecule has 0 saturated heterocycles. The van der Waals surface area contributed by atoms with Gasteiger partial charge in [0, 0.05) is 11.8 Å². The third-order valence-electron chi connectivity index (χ3n) is 3.48. The Morgan fingerprint density at radius 1 is 1.48 bits per heavy atom. The molecule has 1 aliphatic rings. The van der Waals surface area contributed by atoms with Crippen molar-refractivity contribution in [2.75, 3.05) is 5.32 Å². The molecule has 1 heterocycles. The van der Waals surface area contributed by atoms with Gasteiger partial charge in [0.15, 0.2) is 5.13 Å². The minimum atomic E-state index is -4.71. The number of nitrogens with zero attached hydrogens (tertiary/aromatic N) is 1. The van der Waals surface area contributed by atoms with E-state index in [1.807, 2.05) is 0 Å². The summed E-state index contributed by atoms with van der Waals surface area (Å²) >= 11 is 3.34. The highest BCUT2D eigenvalue weighted by Crippen LogP contribution is 2.39. The number of anilines is 1. The van der Waals surface area contributed by atoms with Gasteiger partial charge in [-0.25, -0.2) is 18.3 Å². The van der Waals surface area contributed by atoms with Crippen LogP contribution in [0, 0.1) is 0 Å². The molecule has 3 N–H and O–H groups in total. The van der Waals surface area contributed by atoms with Crippen molar-refractivity contribution in [2.24, 2.45) is 0 Å². The molecule has 0 aromatic carbocycles.